The molecular formula is C15H17N3O2S. The monoisotopic (exact) mass is 303 g/mol. The molecule has 1 fully saturated rings. The van der Waals surface area contributed by atoms with Crippen LogP contribution in [-0.4, -0.2) is 29.1 Å². The third-order valence-corrected chi connectivity index (χ3v) is 4.27. The average molecular weight is 303 g/mol. The number of nitrogens with zero attached hydrogens (tertiary/aromatic N) is 2. The van der Waals surface area contributed by atoms with Gasteiger partial charge in [0.2, 0.25) is 5.91 Å². The van der Waals surface area contributed by atoms with Crippen LogP contribution < -0.4 is 5.32 Å². The van der Waals surface area contributed by atoms with E-state index in [-0.39, 0.29) is 11.8 Å². The van der Waals surface area contributed by atoms with E-state index < -0.39 is 0 Å². The van der Waals surface area contributed by atoms with Gasteiger partial charge in [0, 0.05) is 42.5 Å². The summed E-state index contributed by atoms with van der Waals surface area (Å²) in [6.45, 7) is 1.75. The quantitative estimate of drug-likeness (QED) is 0.941. The Kier molecular flexibility index (Phi) is 4.57. The van der Waals surface area contributed by atoms with E-state index in [1.165, 1.54) is 0 Å². The molecule has 3 heterocycles. The number of ether oxygens (including phenoxy) is 1. The molecule has 2 aromatic rings. The molecule has 1 amide bonds. The predicted molar refractivity (Wildman–Crippen MR) is 80.7 cm³/mol. The molecule has 3 rings (SSSR count). The van der Waals surface area contributed by atoms with Crippen LogP contribution in [0.2, 0.25) is 0 Å². The van der Waals surface area contributed by atoms with Gasteiger partial charge < -0.3 is 10.1 Å². The first kappa shape index (κ1) is 14.2. The van der Waals surface area contributed by atoms with Gasteiger partial charge >= 0.3 is 0 Å². The van der Waals surface area contributed by atoms with Crippen LogP contribution in [0.1, 0.15) is 18.5 Å². The van der Waals surface area contributed by atoms with Crippen molar-refractivity contribution in [1.29, 1.82) is 0 Å². The number of hydrogen-bond acceptors (Lipinski definition) is 5. The maximum Gasteiger partial charge on any atom is 0.223 e. The molecule has 0 unspecified atom stereocenters. The summed E-state index contributed by atoms with van der Waals surface area (Å²) >= 11 is 1.62. The summed E-state index contributed by atoms with van der Waals surface area (Å²) in [7, 11) is 0. The van der Waals surface area contributed by atoms with Crippen molar-refractivity contribution in [3.8, 4) is 11.3 Å². The van der Waals surface area contributed by atoms with Gasteiger partial charge in [0.25, 0.3) is 0 Å². The first-order chi connectivity index (χ1) is 10.3. The third-order valence-electron chi connectivity index (χ3n) is 3.59. The lowest BCUT2D eigenvalue weighted by molar-refractivity contribution is -0.128. The highest BCUT2D eigenvalue weighted by molar-refractivity contribution is 7.08. The number of thiophene rings is 1. The number of aromatic nitrogens is 2. The van der Waals surface area contributed by atoms with Gasteiger partial charge in [-0.25, -0.2) is 0 Å². The van der Waals surface area contributed by atoms with Crippen LogP contribution in [0.15, 0.2) is 29.2 Å². The zero-order valence-corrected chi connectivity index (χ0v) is 12.4. The molecular weight excluding hydrogens is 286 g/mol. The van der Waals surface area contributed by atoms with E-state index >= 15 is 0 Å². The molecule has 1 N–H and O–H groups in total. The van der Waals surface area contributed by atoms with Crippen LogP contribution in [0, 0.1) is 5.92 Å². The number of carbonyl (C=O) groups excluding carboxylic acids is 1. The zero-order valence-electron chi connectivity index (χ0n) is 11.6. The van der Waals surface area contributed by atoms with Crippen molar-refractivity contribution in [2.45, 2.75) is 19.4 Å². The highest BCUT2D eigenvalue weighted by Crippen LogP contribution is 2.22. The standard InChI is InChI=1S/C15H17N3O2S/c19-15(11-1-6-20-7-2-11)18-9-13-14(17-5-4-16-13)12-3-8-21-10-12/h3-5,8,10-11H,1-2,6-7,9H2,(H,18,19). The number of hydrogen-bond donors (Lipinski definition) is 1. The second-order valence-corrected chi connectivity index (χ2v) is 5.75. The van der Waals surface area contributed by atoms with Crippen molar-refractivity contribution in [3.05, 3.63) is 34.9 Å². The maximum absolute atomic E-state index is 12.2. The van der Waals surface area contributed by atoms with Crippen LogP contribution >= 0.6 is 11.3 Å². The first-order valence-electron chi connectivity index (χ1n) is 7.02. The highest BCUT2D eigenvalue weighted by Gasteiger charge is 2.21. The van der Waals surface area contributed by atoms with Crippen molar-refractivity contribution in [3.63, 3.8) is 0 Å². The van der Waals surface area contributed by atoms with E-state index in [9.17, 15) is 4.79 Å². The fourth-order valence-electron chi connectivity index (χ4n) is 2.41. The Morgan fingerprint density at radius 3 is 2.90 bits per heavy atom. The Labute approximate surface area is 127 Å². The molecule has 0 radical (unpaired) electrons. The van der Waals surface area contributed by atoms with Crippen LogP contribution in [0.3, 0.4) is 0 Å². The Morgan fingerprint density at radius 2 is 2.14 bits per heavy atom. The van der Waals surface area contributed by atoms with Gasteiger partial charge in [0.15, 0.2) is 0 Å². The molecule has 1 aliphatic rings. The lowest BCUT2D eigenvalue weighted by Gasteiger charge is -2.21. The maximum atomic E-state index is 12.2. The summed E-state index contributed by atoms with van der Waals surface area (Å²) in [6.07, 6.45) is 4.93. The first-order valence-corrected chi connectivity index (χ1v) is 7.97. The number of carbonyl (C=O) groups is 1. The van der Waals surface area contributed by atoms with E-state index in [4.69, 9.17) is 4.74 Å². The van der Waals surface area contributed by atoms with Crippen LogP contribution in [0.4, 0.5) is 0 Å². The van der Waals surface area contributed by atoms with Gasteiger partial charge in [-0.05, 0) is 24.3 Å². The van der Waals surface area contributed by atoms with Crippen molar-refractivity contribution in [1.82, 2.24) is 15.3 Å². The molecule has 21 heavy (non-hydrogen) atoms. The van der Waals surface area contributed by atoms with E-state index in [1.54, 1.807) is 23.7 Å². The minimum atomic E-state index is 0.0556. The fourth-order valence-corrected chi connectivity index (χ4v) is 3.05. The summed E-state index contributed by atoms with van der Waals surface area (Å²) in [6, 6.07) is 2.01. The lowest BCUT2D eigenvalue weighted by atomic mass is 9.99. The molecule has 0 atom stereocenters. The largest absolute Gasteiger partial charge is 0.381 e. The molecule has 0 aromatic carbocycles. The Bertz CT molecular complexity index is 595. The molecule has 5 nitrogen and oxygen atoms in total. The molecule has 2 aromatic heterocycles. The van der Waals surface area contributed by atoms with Crippen molar-refractivity contribution >= 4 is 17.2 Å². The summed E-state index contributed by atoms with van der Waals surface area (Å²) in [5.74, 6) is 0.139. The number of nitrogens with one attached hydrogen (secondary N) is 1. The van der Waals surface area contributed by atoms with E-state index in [1.807, 2.05) is 16.8 Å². The second kappa shape index (κ2) is 6.78. The molecule has 1 aliphatic heterocycles. The van der Waals surface area contributed by atoms with Crippen LogP contribution in [0.25, 0.3) is 11.3 Å². The summed E-state index contributed by atoms with van der Waals surface area (Å²) < 4.78 is 5.28. The number of amides is 1. The minimum absolute atomic E-state index is 0.0556. The van der Waals surface area contributed by atoms with E-state index in [2.05, 4.69) is 15.3 Å². The molecule has 0 bridgehead atoms. The van der Waals surface area contributed by atoms with E-state index in [0.29, 0.717) is 19.8 Å². The van der Waals surface area contributed by atoms with Crippen molar-refractivity contribution < 1.29 is 9.53 Å². The van der Waals surface area contributed by atoms with Crippen molar-refractivity contribution in [2.75, 3.05) is 13.2 Å². The lowest BCUT2D eigenvalue weighted by Crippen LogP contribution is -2.34. The third kappa shape index (κ3) is 3.46. The minimum Gasteiger partial charge on any atom is -0.381 e. The van der Waals surface area contributed by atoms with Gasteiger partial charge in [0.05, 0.1) is 17.9 Å². The molecule has 0 spiro atoms. The van der Waals surface area contributed by atoms with Gasteiger partial charge in [-0.1, -0.05) is 0 Å². The Balaban J connectivity index is 1.66. The number of rotatable bonds is 4. The smallest absolute Gasteiger partial charge is 0.223 e. The fraction of sp³-hybridized carbons (Fsp3) is 0.400. The second-order valence-electron chi connectivity index (χ2n) is 4.97. The summed E-state index contributed by atoms with van der Waals surface area (Å²) in [5, 5.41) is 7.02. The van der Waals surface area contributed by atoms with Gasteiger partial charge in [0.1, 0.15) is 0 Å². The topological polar surface area (TPSA) is 64.1 Å². The van der Waals surface area contributed by atoms with Crippen molar-refractivity contribution in [2.24, 2.45) is 5.92 Å². The Hall–Kier alpha value is -1.79. The summed E-state index contributed by atoms with van der Waals surface area (Å²) in [4.78, 5) is 20.9. The molecule has 0 saturated carbocycles. The SMILES string of the molecule is O=C(NCc1nccnc1-c1ccsc1)C1CCOCC1. The predicted octanol–water partition coefficient (Wildman–Crippen LogP) is 2.25. The highest BCUT2D eigenvalue weighted by atomic mass is 32.1. The molecule has 6 heteroatoms. The normalized spacial score (nSPS) is 15.8. The molecule has 110 valence electrons. The average Bonchev–Trinajstić information content (AvgIpc) is 3.08. The van der Waals surface area contributed by atoms with Crippen LogP contribution in [0.5, 0.6) is 0 Å². The van der Waals surface area contributed by atoms with Gasteiger partial charge in [-0.15, -0.1) is 0 Å². The molecule has 0 aliphatic carbocycles. The van der Waals surface area contributed by atoms with Crippen LogP contribution in [-0.2, 0) is 16.1 Å². The zero-order chi connectivity index (χ0) is 14.5. The molecule has 1 saturated heterocycles. The Morgan fingerprint density at radius 1 is 1.33 bits per heavy atom. The van der Waals surface area contributed by atoms with Gasteiger partial charge in [-0.3, -0.25) is 14.8 Å². The summed E-state index contributed by atoms with van der Waals surface area (Å²) in [5.41, 5.74) is 2.69. The van der Waals surface area contributed by atoms with Gasteiger partial charge in [-0.2, -0.15) is 11.3 Å². The van der Waals surface area contributed by atoms with E-state index in [0.717, 1.165) is 29.8 Å².